The van der Waals surface area contributed by atoms with Crippen LogP contribution in [0.3, 0.4) is 0 Å². The molecule has 0 atom stereocenters. The molecule has 0 spiro atoms. The Balaban J connectivity index is 2.57. The van der Waals surface area contributed by atoms with Gasteiger partial charge < -0.3 is 10.5 Å². The van der Waals surface area contributed by atoms with E-state index in [0.717, 1.165) is 5.56 Å². The fourth-order valence-corrected chi connectivity index (χ4v) is 1.20. The number of hydrogen-bond donors (Lipinski definition) is 1. The minimum atomic E-state index is 0.500. The van der Waals surface area contributed by atoms with Crippen LogP contribution in [0.25, 0.3) is 0 Å². The van der Waals surface area contributed by atoms with Crippen LogP contribution in [0.2, 0.25) is 5.02 Å². The maximum Gasteiger partial charge on any atom is 0.138 e. The van der Waals surface area contributed by atoms with Crippen molar-refractivity contribution in [3.05, 3.63) is 40.9 Å². The van der Waals surface area contributed by atoms with Crippen LogP contribution in [0.1, 0.15) is 5.56 Å². The zero-order chi connectivity index (χ0) is 10.4. The largest absolute Gasteiger partial charge is 0.488 e. The van der Waals surface area contributed by atoms with Gasteiger partial charge in [0.05, 0.1) is 5.02 Å². The van der Waals surface area contributed by atoms with E-state index >= 15 is 0 Å². The summed E-state index contributed by atoms with van der Waals surface area (Å²) >= 11 is 5.94. The van der Waals surface area contributed by atoms with E-state index in [0.29, 0.717) is 23.9 Å². The van der Waals surface area contributed by atoms with E-state index in [-0.39, 0.29) is 0 Å². The highest BCUT2D eigenvalue weighted by Gasteiger charge is 1.99. The number of aryl methyl sites for hydroxylation is 1. The molecule has 2 N–H and O–H groups in total. The molecule has 2 nitrogen and oxygen atoms in total. The summed E-state index contributed by atoms with van der Waals surface area (Å²) in [5, 5.41) is 0.636. The molecule has 14 heavy (non-hydrogen) atoms. The molecule has 0 heterocycles. The summed E-state index contributed by atoms with van der Waals surface area (Å²) in [4.78, 5) is 0. The summed E-state index contributed by atoms with van der Waals surface area (Å²) in [5.41, 5.74) is 6.43. The first-order chi connectivity index (χ1) is 6.74. The smallest absolute Gasteiger partial charge is 0.138 e. The predicted octanol–water partition coefficient (Wildman–Crippen LogP) is 2.54. The second-order valence-corrected chi connectivity index (χ2v) is 3.36. The van der Waals surface area contributed by atoms with Gasteiger partial charge in [-0.15, -0.1) is 0 Å². The summed E-state index contributed by atoms with van der Waals surface area (Å²) < 4.78 is 5.45. The molecule has 0 aliphatic carbocycles. The Morgan fingerprint density at radius 3 is 2.93 bits per heavy atom. The zero-order valence-electron chi connectivity index (χ0n) is 8.16. The number of hydrogen-bond acceptors (Lipinski definition) is 2. The van der Waals surface area contributed by atoms with Crippen molar-refractivity contribution < 1.29 is 4.74 Å². The van der Waals surface area contributed by atoms with Crippen LogP contribution in [0.5, 0.6) is 5.75 Å². The summed E-state index contributed by atoms with van der Waals surface area (Å²) in [5.74, 6) is 0.716. The molecule has 0 aliphatic heterocycles. The highest BCUT2D eigenvalue weighted by atomic mass is 35.5. The molecule has 0 aromatic heterocycles. The minimum absolute atomic E-state index is 0.500. The molecule has 76 valence electrons. The fraction of sp³-hybridized carbons (Fsp3) is 0.273. The highest BCUT2D eigenvalue weighted by Crippen LogP contribution is 2.24. The zero-order valence-corrected chi connectivity index (χ0v) is 8.92. The van der Waals surface area contributed by atoms with Gasteiger partial charge >= 0.3 is 0 Å². The van der Waals surface area contributed by atoms with E-state index < -0.39 is 0 Å². The number of nitrogens with two attached hydrogens (primary N) is 1. The van der Waals surface area contributed by atoms with Gasteiger partial charge in [-0.3, -0.25) is 0 Å². The predicted molar refractivity (Wildman–Crippen MR) is 59.9 cm³/mol. The third kappa shape index (κ3) is 3.40. The third-order valence-electron chi connectivity index (χ3n) is 1.72. The van der Waals surface area contributed by atoms with Crippen LogP contribution in [0.4, 0.5) is 0 Å². The average molecular weight is 212 g/mol. The number of ether oxygens (including phenoxy) is 1. The van der Waals surface area contributed by atoms with Crippen molar-refractivity contribution >= 4 is 11.6 Å². The minimum Gasteiger partial charge on any atom is -0.488 e. The van der Waals surface area contributed by atoms with Crippen LogP contribution in [0, 0.1) is 6.92 Å². The van der Waals surface area contributed by atoms with Gasteiger partial charge in [-0.2, -0.15) is 0 Å². The van der Waals surface area contributed by atoms with Gasteiger partial charge in [-0.05, 0) is 24.6 Å². The van der Waals surface area contributed by atoms with Crippen molar-refractivity contribution in [1.82, 2.24) is 0 Å². The Bertz CT molecular complexity index is 323. The summed E-state index contributed by atoms with van der Waals surface area (Å²) in [6.07, 6.45) is 3.72. The van der Waals surface area contributed by atoms with E-state index in [1.54, 1.807) is 0 Å². The third-order valence-corrected chi connectivity index (χ3v) is 2.04. The van der Waals surface area contributed by atoms with E-state index in [1.165, 1.54) is 0 Å². The lowest BCUT2D eigenvalue weighted by molar-refractivity contribution is 0.362. The van der Waals surface area contributed by atoms with Gasteiger partial charge in [0, 0.05) is 6.54 Å². The molecule has 1 aromatic rings. The first kappa shape index (κ1) is 11.1. The molecule has 0 unspecified atom stereocenters. The molecular formula is C11H14ClNO. The van der Waals surface area contributed by atoms with E-state index in [2.05, 4.69) is 0 Å². The van der Waals surface area contributed by atoms with E-state index in [4.69, 9.17) is 22.1 Å². The standard InChI is InChI=1S/C11H14ClNO/c1-9-4-5-10(12)11(8-9)14-7-3-2-6-13/h2-5,8H,6-7,13H2,1H3. The first-order valence-corrected chi connectivity index (χ1v) is 4.86. The maximum atomic E-state index is 5.94. The van der Waals surface area contributed by atoms with Crippen LogP contribution in [-0.4, -0.2) is 13.2 Å². The van der Waals surface area contributed by atoms with Crippen molar-refractivity contribution in [3.8, 4) is 5.75 Å². The van der Waals surface area contributed by atoms with Crippen molar-refractivity contribution in [3.63, 3.8) is 0 Å². The SMILES string of the molecule is Cc1ccc(Cl)c(OCC=CCN)c1. The first-order valence-electron chi connectivity index (χ1n) is 4.48. The average Bonchev–Trinajstić information content (AvgIpc) is 2.18. The Morgan fingerprint density at radius 2 is 2.21 bits per heavy atom. The normalized spacial score (nSPS) is 10.8. The Hall–Kier alpha value is -0.990. The number of halogens is 1. The number of benzene rings is 1. The van der Waals surface area contributed by atoms with Crippen molar-refractivity contribution in [1.29, 1.82) is 0 Å². The molecule has 1 rings (SSSR count). The van der Waals surface area contributed by atoms with Crippen molar-refractivity contribution in [2.75, 3.05) is 13.2 Å². The van der Waals surface area contributed by atoms with Crippen LogP contribution in [0.15, 0.2) is 30.4 Å². The quantitative estimate of drug-likeness (QED) is 0.777. The van der Waals surface area contributed by atoms with Gasteiger partial charge in [-0.25, -0.2) is 0 Å². The van der Waals surface area contributed by atoms with Crippen molar-refractivity contribution in [2.45, 2.75) is 6.92 Å². The van der Waals surface area contributed by atoms with E-state index in [9.17, 15) is 0 Å². The van der Waals surface area contributed by atoms with Crippen LogP contribution in [-0.2, 0) is 0 Å². The lowest BCUT2D eigenvalue weighted by atomic mass is 10.2. The monoisotopic (exact) mass is 211 g/mol. The molecule has 1 aromatic carbocycles. The molecule has 0 fully saturated rings. The second kappa shape index (κ2) is 5.68. The summed E-state index contributed by atoms with van der Waals surface area (Å²) in [7, 11) is 0. The maximum absolute atomic E-state index is 5.94. The van der Waals surface area contributed by atoms with Gasteiger partial charge in [-0.1, -0.05) is 29.8 Å². The summed E-state index contributed by atoms with van der Waals surface area (Å²) in [6, 6.07) is 5.70. The molecule has 0 bridgehead atoms. The fourth-order valence-electron chi connectivity index (χ4n) is 1.02. The van der Waals surface area contributed by atoms with Gasteiger partial charge in [0.1, 0.15) is 12.4 Å². The highest BCUT2D eigenvalue weighted by molar-refractivity contribution is 6.32. The van der Waals surface area contributed by atoms with Gasteiger partial charge in [0.15, 0.2) is 0 Å². The number of rotatable bonds is 4. The molecule has 0 saturated carbocycles. The van der Waals surface area contributed by atoms with E-state index in [1.807, 2.05) is 37.3 Å². The molecule has 0 radical (unpaired) electrons. The molecule has 0 saturated heterocycles. The second-order valence-electron chi connectivity index (χ2n) is 2.95. The Morgan fingerprint density at radius 1 is 1.43 bits per heavy atom. The Kier molecular flexibility index (Phi) is 4.50. The lowest BCUT2D eigenvalue weighted by Crippen LogP contribution is -1.97. The van der Waals surface area contributed by atoms with Crippen molar-refractivity contribution in [2.24, 2.45) is 5.73 Å². The molecule has 0 amide bonds. The molecular weight excluding hydrogens is 198 g/mol. The Labute approximate surface area is 89.3 Å². The van der Waals surface area contributed by atoms with Crippen LogP contribution < -0.4 is 10.5 Å². The molecule has 0 aliphatic rings. The molecule has 3 heteroatoms. The topological polar surface area (TPSA) is 35.2 Å². The van der Waals surface area contributed by atoms with Gasteiger partial charge in [0.2, 0.25) is 0 Å². The van der Waals surface area contributed by atoms with Crippen LogP contribution >= 0.6 is 11.6 Å². The summed E-state index contributed by atoms with van der Waals surface area (Å²) in [6.45, 7) is 3.03. The van der Waals surface area contributed by atoms with Gasteiger partial charge in [0.25, 0.3) is 0 Å². The lowest BCUT2D eigenvalue weighted by Gasteiger charge is -2.06.